The Hall–Kier alpha value is -2.48. The number of nitrogens with one attached hydrogen (secondary N) is 1. The van der Waals surface area contributed by atoms with Gasteiger partial charge >= 0.3 is 0 Å². The monoisotopic (exact) mass is 338 g/mol. The Morgan fingerprint density at radius 3 is 2.48 bits per heavy atom. The molecule has 0 aliphatic heterocycles. The van der Waals surface area contributed by atoms with E-state index in [2.05, 4.69) is 5.32 Å². The Bertz CT molecular complexity index is 794. The van der Waals surface area contributed by atoms with Gasteiger partial charge in [0.15, 0.2) is 9.84 Å². The van der Waals surface area contributed by atoms with Crippen LogP contribution in [0.4, 0.5) is 15.8 Å². The van der Waals surface area contributed by atoms with Crippen LogP contribution in [0.3, 0.4) is 0 Å². The second-order valence-corrected chi connectivity index (χ2v) is 7.11. The van der Waals surface area contributed by atoms with Crippen molar-refractivity contribution in [3.05, 3.63) is 70.0 Å². The van der Waals surface area contributed by atoms with Crippen molar-refractivity contribution in [2.24, 2.45) is 0 Å². The van der Waals surface area contributed by atoms with Crippen LogP contribution in [-0.2, 0) is 15.6 Å². The third kappa shape index (κ3) is 5.03. The van der Waals surface area contributed by atoms with Gasteiger partial charge < -0.3 is 5.32 Å². The van der Waals surface area contributed by atoms with Crippen LogP contribution in [0, 0.1) is 15.9 Å². The second kappa shape index (κ2) is 7.19. The van der Waals surface area contributed by atoms with Crippen LogP contribution in [0.15, 0.2) is 48.5 Å². The molecule has 2 aromatic rings. The molecule has 0 aromatic heterocycles. The summed E-state index contributed by atoms with van der Waals surface area (Å²) in [5.74, 6) is -1.00. The molecule has 0 radical (unpaired) electrons. The maximum Gasteiger partial charge on any atom is 0.295 e. The third-order valence-corrected chi connectivity index (χ3v) is 4.71. The van der Waals surface area contributed by atoms with Gasteiger partial charge in [-0.15, -0.1) is 0 Å². The van der Waals surface area contributed by atoms with Crippen LogP contribution in [0.25, 0.3) is 0 Å². The van der Waals surface area contributed by atoms with Gasteiger partial charge in [0.25, 0.3) is 5.69 Å². The lowest BCUT2D eigenvalue weighted by molar-refractivity contribution is -0.384. The number of benzene rings is 2. The molecule has 0 heterocycles. The molecule has 122 valence electrons. The largest absolute Gasteiger partial charge is 0.378 e. The zero-order valence-electron chi connectivity index (χ0n) is 12.1. The fourth-order valence-electron chi connectivity index (χ4n) is 2.05. The highest BCUT2D eigenvalue weighted by Gasteiger charge is 2.16. The Kier molecular flexibility index (Phi) is 5.28. The van der Waals surface area contributed by atoms with Gasteiger partial charge in [0.05, 0.1) is 22.5 Å². The second-order valence-electron chi connectivity index (χ2n) is 4.92. The zero-order valence-corrected chi connectivity index (χ0v) is 12.9. The number of hydrogen-bond donors (Lipinski definition) is 1. The smallest absolute Gasteiger partial charge is 0.295 e. The molecule has 0 aliphatic carbocycles. The summed E-state index contributed by atoms with van der Waals surface area (Å²) in [5.41, 5.74) is 0.344. The van der Waals surface area contributed by atoms with E-state index in [4.69, 9.17) is 0 Å². The lowest BCUT2D eigenvalue weighted by Gasteiger charge is -2.08. The van der Waals surface area contributed by atoms with E-state index < -0.39 is 26.3 Å². The van der Waals surface area contributed by atoms with Crippen molar-refractivity contribution in [2.45, 2.75) is 5.75 Å². The highest BCUT2D eigenvalue weighted by atomic mass is 32.2. The predicted octanol–water partition coefficient (Wildman–Crippen LogP) is 2.76. The van der Waals surface area contributed by atoms with E-state index in [1.165, 1.54) is 6.07 Å². The summed E-state index contributed by atoms with van der Waals surface area (Å²) in [6.07, 6.45) is 0. The van der Waals surface area contributed by atoms with Gasteiger partial charge in [0.1, 0.15) is 11.5 Å². The molecular weight excluding hydrogens is 323 g/mol. The van der Waals surface area contributed by atoms with Crippen molar-refractivity contribution < 1.29 is 17.7 Å². The summed E-state index contributed by atoms with van der Waals surface area (Å²) in [4.78, 5) is 10.1. The van der Waals surface area contributed by atoms with E-state index in [9.17, 15) is 22.9 Å². The zero-order chi connectivity index (χ0) is 16.9. The topological polar surface area (TPSA) is 89.3 Å². The van der Waals surface area contributed by atoms with Gasteiger partial charge in [-0.1, -0.05) is 30.3 Å². The first-order valence-corrected chi connectivity index (χ1v) is 8.62. The van der Waals surface area contributed by atoms with Gasteiger partial charge in [0, 0.05) is 6.54 Å². The van der Waals surface area contributed by atoms with E-state index in [0.717, 1.165) is 12.1 Å². The van der Waals surface area contributed by atoms with E-state index >= 15 is 0 Å². The van der Waals surface area contributed by atoms with Gasteiger partial charge in [-0.3, -0.25) is 10.1 Å². The molecule has 0 fully saturated rings. The summed E-state index contributed by atoms with van der Waals surface area (Å²) in [6, 6.07) is 11.8. The highest BCUT2D eigenvalue weighted by molar-refractivity contribution is 7.90. The van der Waals surface area contributed by atoms with Crippen LogP contribution in [-0.4, -0.2) is 25.6 Å². The Morgan fingerprint density at radius 2 is 1.83 bits per heavy atom. The van der Waals surface area contributed by atoms with Crippen molar-refractivity contribution >= 4 is 21.2 Å². The molecule has 0 bridgehead atoms. The predicted molar refractivity (Wildman–Crippen MR) is 85.5 cm³/mol. The minimum absolute atomic E-state index is 0.00163. The molecule has 0 unspecified atom stereocenters. The summed E-state index contributed by atoms with van der Waals surface area (Å²) < 4.78 is 37.1. The summed E-state index contributed by atoms with van der Waals surface area (Å²) in [6.45, 7) is 0.00163. The minimum atomic E-state index is -3.35. The lowest BCUT2D eigenvalue weighted by atomic mass is 10.2. The number of nitro groups is 1. The standard InChI is InChI=1S/C15H15FN2O4S/c16-13-6-7-14(15(10-13)18(19)20)17-8-9-23(21,22)11-12-4-2-1-3-5-12/h1-7,10,17H,8-9,11H2. The maximum atomic E-state index is 13.0. The molecule has 8 heteroatoms. The first-order chi connectivity index (χ1) is 10.9. The molecule has 0 atom stereocenters. The molecule has 0 amide bonds. The molecule has 2 rings (SSSR count). The summed E-state index contributed by atoms with van der Waals surface area (Å²) >= 11 is 0. The van der Waals surface area contributed by atoms with Crippen LogP contribution < -0.4 is 5.32 Å². The first-order valence-electron chi connectivity index (χ1n) is 6.79. The molecule has 0 saturated heterocycles. The molecule has 1 N–H and O–H groups in total. The third-order valence-electron chi connectivity index (χ3n) is 3.11. The first kappa shape index (κ1) is 16.9. The summed E-state index contributed by atoms with van der Waals surface area (Å²) in [5, 5.41) is 13.5. The van der Waals surface area contributed by atoms with E-state index in [1.54, 1.807) is 30.3 Å². The van der Waals surface area contributed by atoms with Gasteiger partial charge in [-0.25, -0.2) is 12.8 Å². The van der Waals surface area contributed by atoms with Crippen molar-refractivity contribution in [1.82, 2.24) is 0 Å². The van der Waals surface area contributed by atoms with Crippen LogP contribution >= 0.6 is 0 Å². The number of sulfone groups is 1. The van der Waals surface area contributed by atoms with Gasteiger partial charge in [-0.2, -0.15) is 0 Å². The Labute approximate surface area is 133 Å². The molecule has 0 aliphatic rings. The summed E-state index contributed by atoms with van der Waals surface area (Å²) in [7, 11) is -3.35. The molecular formula is C15H15FN2O4S. The van der Waals surface area contributed by atoms with Crippen molar-refractivity contribution in [2.75, 3.05) is 17.6 Å². The van der Waals surface area contributed by atoms with Crippen molar-refractivity contribution in [1.29, 1.82) is 0 Å². The fourth-order valence-corrected chi connectivity index (χ4v) is 3.30. The molecule has 23 heavy (non-hydrogen) atoms. The molecule has 0 spiro atoms. The highest BCUT2D eigenvalue weighted by Crippen LogP contribution is 2.24. The lowest BCUT2D eigenvalue weighted by Crippen LogP contribution is -2.17. The van der Waals surface area contributed by atoms with Crippen molar-refractivity contribution in [3.63, 3.8) is 0 Å². The van der Waals surface area contributed by atoms with Crippen LogP contribution in [0.2, 0.25) is 0 Å². The molecule has 2 aromatic carbocycles. The van der Waals surface area contributed by atoms with E-state index in [-0.39, 0.29) is 23.7 Å². The number of anilines is 1. The molecule has 0 saturated carbocycles. The SMILES string of the molecule is O=[N+]([O-])c1cc(F)ccc1NCCS(=O)(=O)Cc1ccccc1. The number of nitro benzene ring substituents is 1. The average Bonchev–Trinajstić information content (AvgIpc) is 2.49. The number of rotatable bonds is 7. The van der Waals surface area contributed by atoms with Crippen LogP contribution in [0.5, 0.6) is 0 Å². The van der Waals surface area contributed by atoms with Gasteiger partial charge in [0.2, 0.25) is 0 Å². The normalized spacial score (nSPS) is 11.2. The fraction of sp³-hybridized carbons (Fsp3) is 0.200. The van der Waals surface area contributed by atoms with Crippen LogP contribution in [0.1, 0.15) is 5.56 Å². The minimum Gasteiger partial charge on any atom is -0.378 e. The maximum absolute atomic E-state index is 13.0. The molecule has 6 nitrogen and oxygen atoms in total. The Balaban J connectivity index is 1.98. The van der Waals surface area contributed by atoms with E-state index in [1.807, 2.05) is 0 Å². The number of nitrogens with zero attached hydrogens (tertiary/aromatic N) is 1. The van der Waals surface area contributed by atoms with Crippen molar-refractivity contribution in [3.8, 4) is 0 Å². The quantitative estimate of drug-likeness (QED) is 0.619. The number of halogens is 1. The van der Waals surface area contributed by atoms with Gasteiger partial charge in [-0.05, 0) is 17.7 Å². The van der Waals surface area contributed by atoms with E-state index in [0.29, 0.717) is 5.56 Å². The Morgan fingerprint density at radius 1 is 1.13 bits per heavy atom. The average molecular weight is 338 g/mol. The number of hydrogen-bond acceptors (Lipinski definition) is 5.